The second-order valence-corrected chi connectivity index (χ2v) is 5.07. The number of hydrogen-bond acceptors (Lipinski definition) is 3. The summed E-state index contributed by atoms with van der Waals surface area (Å²) < 4.78 is 12.8. The predicted octanol–water partition coefficient (Wildman–Crippen LogP) is 1.61. The zero-order valence-corrected chi connectivity index (χ0v) is 11.6. The summed E-state index contributed by atoms with van der Waals surface area (Å²) in [5, 5.41) is 3.22. The van der Waals surface area contributed by atoms with Gasteiger partial charge in [-0.15, -0.1) is 0 Å². The lowest BCUT2D eigenvalue weighted by Gasteiger charge is -2.34. The molecule has 4 nitrogen and oxygen atoms in total. The number of ketones is 1. The third kappa shape index (κ3) is 3.63. The minimum atomic E-state index is -0.368. The number of Topliss-reactive ketones (excluding diaryl/α,β-unsaturated/α-hetero) is 1. The zero-order chi connectivity index (χ0) is 14.5. The van der Waals surface area contributed by atoms with E-state index in [1.807, 2.05) is 11.8 Å². The normalized spacial score (nSPS) is 18.9. The molecular formula is C15H19FN2O2. The summed E-state index contributed by atoms with van der Waals surface area (Å²) >= 11 is 0. The summed E-state index contributed by atoms with van der Waals surface area (Å²) in [5.74, 6) is -0.483. The van der Waals surface area contributed by atoms with E-state index in [-0.39, 0.29) is 36.4 Å². The maximum Gasteiger partial charge on any atom is 0.223 e. The summed E-state index contributed by atoms with van der Waals surface area (Å²) in [4.78, 5) is 25.8. The Bertz CT molecular complexity index is 487. The van der Waals surface area contributed by atoms with E-state index in [4.69, 9.17) is 0 Å². The van der Waals surface area contributed by atoms with Gasteiger partial charge in [0.1, 0.15) is 5.82 Å². The number of benzene rings is 1. The summed E-state index contributed by atoms with van der Waals surface area (Å²) in [7, 11) is 0. The van der Waals surface area contributed by atoms with Crippen LogP contribution < -0.4 is 5.32 Å². The largest absolute Gasteiger partial charge is 0.337 e. The van der Waals surface area contributed by atoms with Gasteiger partial charge in [0, 0.05) is 44.1 Å². The number of piperazine rings is 1. The third-order valence-electron chi connectivity index (χ3n) is 3.55. The molecule has 1 aliphatic heterocycles. The Balaban J connectivity index is 1.86. The third-order valence-corrected chi connectivity index (χ3v) is 3.55. The van der Waals surface area contributed by atoms with Crippen molar-refractivity contribution < 1.29 is 14.0 Å². The Hall–Kier alpha value is -1.75. The van der Waals surface area contributed by atoms with Gasteiger partial charge in [0.2, 0.25) is 5.91 Å². The highest BCUT2D eigenvalue weighted by Crippen LogP contribution is 2.10. The van der Waals surface area contributed by atoms with Crippen molar-refractivity contribution >= 4 is 11.7 Å². The molecule has 0 aliphatic carbocycles. The summed E-state index contributed by atoms with van der Waals surface area (Å²) in [6, 6.07) is 5.59. The van der Waals surface area contributed by atoms with Crippen LogP contribution in [0.1, 0.15) is 30.1 Å². The molecule has 1 unspecified atom stereocenters. The number of rotatable bonds is 4. The van der Waals surface area contributed by atoms with Crippen LogP contribution >= 0.6 is 0 Å². The monoisotopic (exact) mass is 278 g/mol. The van der Waals surface area contributed by atoms with E-state index in [0.717, 1.165) is 13.1 Å². The van der Waals surface area contributed by atoms with Crippen molar-refractivity contribution in [2.75, 3.05) is 19.6 Å². The van der Waals surface area contributed by atoms with E-state index in [9.17, 15) is 14.0 Å². The fourth-order valence-electron chi connectivity index (χ4n) is 2.36. The van der Waals surface area contributed by atoms with Crippen molar-refractivity contribution in [3.05, 3.63) is 35.6 Å². The summed E-state index contributed by atoms with van der Waals surface area (Å²) in [5.41, 5.74) is 0.451. The lowest BCUT2D eigenvalue weighted by atomic mass is 10.1. The standard InChI is InChI=1S/C15H19FN2O2/c1-11-10-17-8-9-18(11)15(20)7-6-14(19)12-2-4-13(16)5-3-12/h2-5,11,17H,6-10H2,1H3. The molecule has 1 N–H and O–H groups in total. The maximum absolute atomic E-state index is 12.8. The number of nitrogens with one attached hydrogen (secondary N) is 1. The fraction of sp³-hybridized carbons (Fsp3) is 0.467. The molecule has 0 bridgehead atoms. The van der Waals surface area contributed by atoms with Crippen LogP contribution in [-0.2, 0) is 4.79 Å². The zero-order valence-electron chi connectivity index (χ0n) is 11.6. The van der Waals surface area contributed by atoms with Gasteiger partial charge in [-0.25, -0.2) is 4.39 Å². The first-order chi connectivity index (χ1) is 9.58. The molecule has 1 aromatic rings. The van der Waals surface area contributed by atoms with Crippen LogP contribution in [0.4, 0.5) is 4.39 Å². The number of hydrogen-bond donors (Lipinski definition) is 1. The quantitative estimate of drug-likeness (QED) is 0.851. The molecule has 1 heterocycles. The highest BCUT2D eigenvalue weighted by molar-refractivity contribution is 5.97. The maximum atomic E-state index is 12.8. The van der Waals surface area contributed by atoms with Crippen LogP contribution in [0, 0.1) is 5.82 Å². The number of halogens is 1. The van der Waals surface area contributed by atoms with Crippen molar-refractivity contribution in [1.82, 2.24) is 10.2 Å². The molecule has 1 atom stereocenters. The van der Waals surface area contributed by atoms with Gasteiger partial charge in [0.25, 0.3) is 0 Å². The Kier molecular flexibility index (Phi) is 4.84. The van der Waals surface area contributed by atoms with Gasteiger partial charge >= 0.3 is 0 Å². The van der Waals surface area contributed by atoms with Crippen LogP contribution in [0.25, 0.3) is 0 Å². The van der Waals surface area contributed by atoms with Gasteiger partial charge in [-0.3, -0.25) is 9.59 Å². The second-order valence-electron chi connectivity index (χ2n) is 5.07. The first-order valence-electron chi connectivity index (χ1n) is 6.87. The molecule has 1 saturated heterocycles. The Morgan fingerprint density at radius 3 is 2.65 bits per heavy atom. The first kappa shape index (κ1) is 14.7. The molecule has 1 fully saturated rings. The van der Waals surface area contributed by atoms with Crippen molar-refractivity contribution in [3.63, 3.8) is 0 Å². The SMILES string of the molecule is CC1CNCCN1C(=O)CCC(=O)c1ccc(F)cc1. The lowest BCUT2D eigenvalue weighted by molar-refractivity contribution is -0.133. The second kappa shape index (κ2) is 6.61. The molecule has 0 saturated carbocycles. The molecule has 1 aromatic carbocycles. The molecule has 2 rings (SSSR count). The van der Waals surface area contributed by atoms with E-state index >= 15 is 0 Å². The molecular weight excluding hydrogens is 259 g/mol. The minimum absolute atomic E-state index is 0.00876. The van der Waals surface area contributed by atoms with Gasteiger partial charge in [0.15, 0.2) is 5.78 Å². The number of carbonyl (C=O) groups excluding carboxylic acids is 2. The molecule has 0 aromatic heterocycles. The molecule has 1 aliphatic rings. The highest BCUT2D eigenvalue weighted by Gasteiger charge is 2.23. The first-order valence-corrected chi connectivity index (χ1v) is 6.87. The van der Waals surface area contributed by atoms with Gasteiger partial charge in [-0.1, -0.05) is 0 Å². The van der Waals surface area contributed by atoms with Crippen LogP contribution in [-0.4, -0.2) is 42.3 Å². The summed E-state index contributed by atoms with van der Waals surface area (Å²) in [6.45, 7) is 4.26. The van der Waals surface area contributed by atoms with Crippen LogP contribution in [0.5, 0.6) is 0 Å². The van der Waals surface area contributed by atoms with E-state index in [1.165, 1.54) is 24.3 Å². The van der Waals surface area contributed by atoms with E-state index in [2.05, 4.69) is 5.32 Å². The topological polar surface area (TPSA) is 49.4 Å². The predicted molar refractivity (Wildman–Crippen MR) is 74.0 cm³/mol. The fourth-order valence-corrected chi connectivity index (χ4v) is 2.36. The minimum Gasteiger partial charge on any atom is -0.337 e. The number of amides is 1. The molecule has 0 radical (unpaired) electrons. The van der Waals surface area contributed by atoms with E-state index < -0.39 is 0 Å². The highest BCUT2D eigenvalue weighted by atomic mass is 19.1. The van der Waals surface area contributed by atoms with Crippen LogP contribution in [0.2, 0.25) is 0 Å². The van der Waals surface area contributed by atoms with Gasteiger partial charge in [0.05, 0.1) is 0 Å². The summed E-state index contributed by atoms with van der Waals surface area (Å²) in [6.07, 6.45) is 0.377. The lowest BCUT2D eigenvalue weighted by Crippen LogP contribution is -2.52. The Morgan fingerprint density at radius 1 is 1.30 bits per heavy atom. The molecule has 1 amide bonds. The van der Waals surface area contributed by atoms with E-state index in [1.54, 1.807) is 0 Å². The number of carbonyl (C=O) groups is 2. The van der Waals surface area contributed by atoms with Gasteiger partial charge < -0.3 is 10.2 Å². The molecule has 5 heteroatoms. The average Bonchev–Trinajstić information content (AvgIpc) is 2.45. The van der Waals surface area contributed by atoms with Gasteiger partial charge in [-0.2, -0.15) is 0 Å². The van der Waals surface area contributed by atoms with Gasteiger partial charge in [-0.05, 0) is 31.2 Å². The molecule has 0 spiro atoms. The van der Waals surface area contributed by atoms with Crippen LogP contribution in [0.15, 0.2) is 24.3 Å². The van der Waals surface area contributed by atoms with Crippen molar-refractivity contribution in [3.8, 4) is 0 Å². The average molecular weight is 278 g/mol. The van der Waals surface area contributed by atoms with E-state index in [0.29, 0.717) is 12.1 Å². The molecule has 108 valence electrons. The smallest absolute Gasteiger partial charge is 0.223 e. The Labute approximate surface area is 118 Å². The number of nitrogens with zero attached hydrogens (tertiary/aromatic N) is 1. The molecule has 20 heavy (non-hydrogen) atoms. The Morgan fingerprint density at radius 2 is 2.00 bits per heavy atom. The van der Waals surface area contributed by atoms with Crippen LogP contribution in [0.3, 0.4) is 0 Å². The van der Waals surface area contributed by atoms with Crippen molar-refractivity contribution in [2.24, 2.45) is 0 Å². The van der Waals surface area contributed by atoms with Crippen molar-refractivity contribution in [1.29, 1.82) is 0 Å². The van der Waals surface area contributed by atoms with Crippen molar-refractivity contribution in [2.45, 2.75) is 25.8 Å².